The first kappa shape index (κ1) is 20.3. The maximum atomic E-state index is 12.6. The van der Waals surface area contributed by atoms with E-state index in [1.54, 1.807) is 24.3 Å². The maximum Gasteiger partial charge on any atom is 0.243 e. The summed E-state index contributed by atoms with van der Waals surface area (Å²) < 4.78 is 53.9. The maximum absolute atomic E-state index is 12.6. The minimum Gasteiger partial charge on any atom is -0.207 e. The number of rotatable bonds is 6. The van der Waals surface area contributed by atoms with Gasteiger partial charge in [0.15, 0.2) is 0 Å². The van der Waals surface area contributed by atoms with E-state index in [0.717, 1.165) is 19.3 Å². The Hall–Kier alpha value is -1.45. The molecular formula is C18H21ClN2O4S2. The third-order valence-corrected chi connectivity index (χ3v) is 8.00. The molecule has 6 nitrogen and oxygen atoms in total. The number of benzene rings is 2. The molecule has 0 aromatic heterocycles. The highest BCUT2D eigenvalue weighted by Crippen LogP contribution is 2.21. The summed E-state index contributed by atoms with van der Waals surface area (Å²) in [5, 5.41) is 0.338. The van der Waals surface area contributed by atoms with E-state index in [1.165, 1.54) is 28.6 Å². The smallest absolute Gasteiger partial charge is 0.207 e. The first-order chi connectivity index (χ1) is 12.8. The molecule has 1 saturated heterocycles. The van der Waals surface area contributed by atoms with Crippen LogP contribution in [0.4, 0.5) is 0 Å². The molecule has 146 valence electrons. The van der Waals surface area contributed by atoms with Gasteiger partial charge in [0.2, 0.25) is 20.0 Å². The molecule has 27 heavy (non-hydrogen) atoms. The van der Waals surface area contributed by atoms with Crippen LogP contribution in [-0.2, 0) is 26.6 Å². The second-order valence-electron chi connectivity index (χ2n) is 6.39. The summed E-state index contributed by atoms with van der Waals surface area (Å²) >= 11 is 5.84. The molecule has 0 radical (unpaired) electrons. The number of halogens is 1. The average Bonchev–Trinajstić information content (AvgIpc) is 2.67. The molecule has 0 bridgehead atoms. The Balaban J connectivity index is 1.69. The van der Waals surface area contributed by atoms with Gasteiger partial charge in [0.25, 0.3) is 0 Å². The zero-order chi connectivity index (χ0) is 19.5. The molecule has 1 N–H and O–H groups in total. The Bertz CT molecular complexity index is 1000. The summed E-state index contributed by atoms with van der Waals surface area (Å²) in [6.07, 6.45) is 2.81. The Morgan fingerprint density at radius 2 is 1.56 bits per heavy atom. The van der Waals surface area contributed by atoms with E-state index < -0.39 is 20.0 Å². The van der Waals surface area contributed by atoms with Crippen molar-refractivity contribution in [1.29, 1.82) is 0 Å². The molecule has 1 aliphatic heterocycles. The average molecular weight is 429 g/mol. The molecule has 3 rings (SSSR count). The van der Waals surface area contributed by atoms with Crippen molar-refractivity contribution in [1.82, 2.24) is 9.03 Å². The number of sulfonamides is 2. The Labute approximate surface area is 165 Å². The largest absolute Gasteiger partial charge is 0.243 e. The van der Waals surface area contributed by atoms with Crippen molar-refractivity contribution < 1.29 is 16.8 Å². The minimum atomic E-state index is -3.70. The molecule has 1 heterocycles. The number of nitrogens with zero attached hydrogens (tertiary/aromatic N) is 1. The van der Waals surface area contributed by atoms with Gasteiger partial charge in [-0.1, -0.05) is 36.2 Å². The van der Waals surface area contributed by atoms with Crippen molar-refractivity contribution in [3.8, 4) is 0 Å². The van der Waals surface area contributed by atoms with Crippen LogP contribution in [0, 0.1) is 0 Å². The quantitative estimate of drug-likeness (QED) is 0.766. The van der Waals surface area contributed by atoms with E-state index in [-0.39, 0.29) is 16.3 Å². The van der Waals surface area contributed by atoms with Gasteiger partial charge in [-0.3, -0.25) is 0 Å². The lowest BCUT2D eigenvalue weighted by molar-refractivity contribution is 0.346. The van der Waals surface area contributed by atoms with E-state index in [4.69, 9.17) is 11.6 Å². The fraction of sp³-hybridized carbons (Fsp3) is 0.333. The summed E-state index contributed by atoms with van der Waals surface area (Å²) in [4.78, 5) is 0.310. The number of nitrogens with one attached hydrogen (secondary N) is 1. The monoisotopic (exact) mass is 428 g/mol. The standard InChI is InChI=1S/C18H21ClN2O4S2/c19-16-5-4-6-18(13-16)26(22,23)20-14-15-7-9-17(10-8-15)27(24,25)21-11-2-1-3-12-21/h4-10,13,20H,1-3,11-12,14H2. The van der Waals surface area contributed by atoms with Gasteiger partial charge in [-0.2, -0.15) is 4.31 Å². The van der Waals surface area contributed by atoms with E-state index >= 15 is 0 Å². The van der Waals surface area contributed by atoms with Crippen molar-refractivity contribution in [2.24, 2.45) is 0 Å². The number of hydrogen-bond donors (Lipinski definition) is 1. The highest BCUT2D eigenvalue weighted by molar-refractivity contribution is 7.89. The summed E-state index contributed by atoms with van der Waals surface area (Å²) in [5.74, 6) is 0. The van der Waals surface area contributed by atoms with Crippen molar-refractivity contribution in [2.75, 3.05) is 13.1 Å². The molecule has 1 fully saturated rings. The van der Waals surface area contributed by atoms with E-state index in [0.29, 0.717) is 23.7 Å². The third-order valence-electron chi connectivity index (χ3n) is 4.45. The van der Waals surface area contributed by atoms with Crippen LogP contribution in [0.2, 0.25) is 5.02 Å². The zero-order valence-electron chi connectivity index (χ0n) is 14.6. The van der Waals surface area contributed by atoms with Crippen LogP contribution >= 0.6 is 11.6 Å². The normalized spacial score (nSPS) is 16.3. The fourth-order valence-electron chi connectivity index (χ4n) is 2.93. The zero-order valence-corrected chi connectivity index (χ0v) is 17.0. The van der Waals surface area contributed by atoms with Gasteiger partial charge < -0.3 is 0 Å². The van der Waals surface area contributed by atoms with E-state index in [2.05, 4.69) is 4.72 Å². The van der Waals surface area contributed by atoms with Crippen LogP contribution in [-0.4, -0.2) is 34.2 Å². The minimum absolute atomic E-state index is 0.0545. The second-order valence-corrected chi connectivity index (χ2v) is 10.5. The molecule has 0 atom stereocenters. The van der Waals surface area contributed by atoms with Crippen LogP contribution in [0.5, 0.6) is 0 Å². The lowest BCUT2D eigenvalue weighted by atomic mass is 10.2. The molecule has 0 saturated carbocycles. The molecule has 0 amide bonds. The molecule has 2 aromatic carbocycles. The molecular weight excluding hydrogens is 408 g/mol. The van der Waals surface area contributed by atoms with Gasteiger partial charge in [0, 0.05) is 24.7 Å². The fourth-order valence-corrected chi connectivity index (χ4v) is 5.76. The van der Waals surface area contributed by atoms with Gasteiger partial charge in [-0.25, -0.2) is 21.6 Å². The molecule has 0 spiro atoms. The van der Waals surface area contributed by atoms with Gasteiger partial charge in [0.1, 0.15) is 0 Å². The Morgan fingerprint density at radius 1 is 0.889 bits per heavy atom. The van der Waals surface area contributed by atoms with E-state index in [9.17, 15) is 16.8 Å². The predicted molar refractivity (Wildman–Crippen MR) is 105 cm³/mol. The van der Waals surface area contributed by atoms with Gasteiger partial charge >= 0.3 is 0 Å². The summed E-state index contributed by atoms with van der Waals surface area (Å²) in [6.45, 7) is 1.14. The highest BCUT2D eigenvalue weighted by Gasteiger charge is 2.25. The second kappa shape index (κ2) is 8.28. The van der Waals surface area contributed by atoms with E-state index in [1.807, 2.05) is 0 Å². The molecule has 2 aromatic rings. The molecule has 0 unspecified atom stereocenters. The lowest BCUT2D eigenvalue weighted by Crippen LogP contribution is -2.35. The van der Waals surface area contributed by atoms with Crippen LogP contribution < -0.4 is 4.72 Å². The SMILES string of the molecule is O=S(=O)(NCc1ccc(S(=O)(=O)N2CCCCC2)cc1)c1cccc(Cl)c1. The van der Waals surface area contributed by atoms with Crippen LogP contribution in [0.15, 0.2) is 58.3 Å². The summed E-state index contributed by atoms with van der Waals surface area (Å²) in [5.41, 5.74) is 0.665. The van der Waals surface area contributed by atoms with Crippen LogP contribution in [0.1, 0.15) is 24.8 Å². The molecule has 1 aliphatic rings. The van der Waals surface area contributed by atoms with Crippen molar-refractivity contribution >= 4 is 31.6 Å². The topological polar surface area (TPSA) is 83.5 Å². The molecule has 0 aliphatic carbocycles. The van der Waals surface area contributed by atoms with Gasteiger partial charge in [0.05, 0.1) is 9.79 Å². The molecule has 9 heteroatoms. The highest BCUT2D eigenvalue weighted by atomic mass is 35.5. The van der Waals surface area contributed by atoms with Crippen LogP contribution in [0.3, 0.4) is 0 Å². The lowest BCUT2D eigenvalue weighted by Gasteiger charge is -2.25. The predicted octanol–water partition coefficient (Wildman–Crippen LogP) is 2.99. The van der Waals surface area contributed by atoms with Crippen molar-refractivity contribution in [3.63, 3.8) is 0 Å². The van der Waals surface area contributed by atoms with Gasteiger partial charge in [-0.15, -0.1) is 0 Å². The Morgan fingerprint density at radius 3 is 2.19 bits per heavy atom. The third kappa shape index (κ3) is 4.89. The van der Waals surface area contributed by atoms with Gasteiger partial charge in [-0.05, 0) is 48.7 Å². The van der Waals surface area contributed by atoms with Crippen molar-refractivity contribution in [3.05, 3.63) is 59.1 Å². The Kier molecular flexibility index (Phi) is 6.22. The summed E-state index contributed by atoms with van der Waals surface area (Å²) in [7, 11) is -7.19. The first-order valence-electron chi connectivity index (χ1n) is 8.63. The first-order valence-corrected chi connectivity index (χ1v) is 11.9. The summed E-state index contributed by atoms with van der Waals surface area (Å²) in [6, 6.07) is 12.3. The number of hydrogen-bond acceptors (Lipinski definition) is 4. The van der Waals surface area contributed by atoms with Crippen LogP contribution in [0.25, 0.3) is 0 Å². The van der Waals surface area contributed by atoms with Crippen molar-refractivity contribution in [2.45, 2.75) is 35.6 Å². The number of piperidine rings is 1.